The highest BCUT2D eigenvalue weighted by molar-refractivity contribution is 7.13. The Morgan fingerprint density at radius 2 is 2.00 bits per heavy atom. The molecule has 0 saturated carbocycles. The molecule has 4 nitrogen and oxygen atoms in total. The number of thiophene rings is 1. The third kappa shape index (κ3) is 4.96. The smallest absolute Gasteiger partial charge is 0.226 e. The van der Waals surface area contributed by atoms with Crippen LogP contribution in [0, 0.1) is 11.3 Å². The Labute approximate surface area is 177 Å². The van der Waals surface area contributed by atoms with Crippen molar-refractivity contribution in [2.24, 2.45) is 11.3 Å². The van der Waals surface area contributed by atoms with Crippen molar-refractivity contribution in [2.75, 3.05) is 19.6 Å². The number of nitrogens with zero attached hydrogens (tertiary/aromatic N) is 1. The summed E-state index contributed by atoms with van der Waals surface area (Å²) in [7, 11) is 0. The van der Waals surface area contributed by atoms with E-state index in [1.807, 2.05) is 18.7 Å². The van der Waals surface area contributed by atoms with Gasteiger partial charge in [-0.25, -0.2) is 0 Å². The Morgan fingerprint density at radius 3 is 2.62 bits per heavy atom. The molecule has 0 bridgehead atoms. The second-order valence-corrected chi connectivity index (χ2v) is 9.06. The lowest BCUT2D eigenvalue weighted by atomic mass is 9.72. The van der Waals surface area contributed by atoms with Crippen LogP contribution in [0.25, 0.3) is 10.4 Å². The fourth-order valence-electron chi connectivity index (χ4n) is 4.02. The zero-order valence-electron chi connectivity index (χ0n) is 17.3. The van der Waals surface area contributed by atoms with Crippen LogP contribution in [0.2, 0.25) is 0 Å². The number of hydrogen-bond donors (Lipinski definition) is 1. The van der Waals surface area contributed by atoms with Crippen molar-refractivity contribution in [1.29, 1.82) is 0 Å². The molecule has 1 aliphatic rings. The van der Waals surface area contributed by atoms with Gasteiger partial charge >= 0.3 is 0 Å². The fourth-order valence-corrected chi connectivity index (χ4v) is 4.75. The van der Waals surface area contributed by atoms with E-state index in [1.165, 1.54) is 10.4 Å². The highest BCUT2D eigenvalue weighted by Crippen LogP contribution is 2.37. The molecule has 2 heterocycles. The standard InChI is InChI=1S/C24H30N2O2S/c1-4-12-25-23(28)24(10-13-26(14-11-24)22(27)18(2)3)17-19-7-5-8-20(16-19)21-9-6-15-29-21/h4-9,15-16,18H,1,10-14,17H2,2-3H3,(H,25,28). The number of nitrogens with one attached hydrogen (secondary N) is 1. The van der Waals surface area contributed by atoms with Crippen LogP contribution in [0.5, 0.6) is 0 Å². The summed E-state index contributed by atoms with van der Waals surface area (Å²) in [6, 6.07) is 12.6. The van der Waals surface area contributed by atoms with Crippen LogP contribution in [-0.4, -0.2) is 36.3 Å². The van der Waals surface area contributed by atoms with E-state index in [-0.39, 0.29) is 17.7 Å². The quantitative estimate of drug-likeness (QED) is 0.682. The van der Waals surface area contributed by atoms with E-state index in [4.69, 9.17) is 0 Å². The van der Waals surface area contributed by atoms with E-state index in [0.29, 0.717) is 38.9 Å². The van der Waals surface area contributed by atoms with Crippen LogP contribution in [0.4, 0.5) is 0 Å². The van der Waals surface area contributed by atoms with Crippen molar-refractivity contribution in [3.8, 4) is 10.4 Å². The Kier molecular flexibility index (Phi) is 6.91. The van der Waals surface area contributed by atoms with Gasteiger partial charge in [-0.1, -0.05) is 50.3 Å². The van der Waals surface area contributed by atoms with Crippen LogP contribution in [0.15, 0.2) is 54.4 Å². The Hall–Kier alpha value is -2.40. The van der Waals surface area contributed by atoms with Crippen molar-refractivity contribution in [3.63, 3.8) is 0 Å². The summed E-state index contributed by atoms with van der Waals surface area (Å²) < 4.78 is 0. The molecule has 154 valence electrons. The largest absolute Gasteiger partial charge is 0.352 e. The first-order valence-electron chi connectivity index (χ1n) is 10.3. The Bertz CT molecular complexity index is 850. The molecule has 5 heteroatoms. The van der Waals surface area contributed by atoms with Gasteiger partial charge in [0.15, 0.2) is 0 Å². The van der Waals surface area contributed by atoms with Gasteiger partial charge in [0.2, 0.25) is 11.8 Å². The van der Waals surface area contributed by atoms with E-state index in [2.05, 4.69) is 53.7 Å². The minimum Gasteiger partial charge on any atom is -0.352 e. The maximum atomic E-state index is 13.1. The van der Waals surface area contributed by atoms with Crippen LogP contribution in [-0.2, 0) is 16.0 Å². The van der Waals surface area contributed by atoms with Crippen LogP contribution in [0.1, 0.15) is 32.3 Å². The minimum absolute atomic E-state index is 0.0143. The molecule has 0 unspecified atom stereocenters. The summed E-state index contributed by atoms with van der Waals surface area (Å²) >= 11 is 1.72. The number of hydrogen-bond acceptors (Lipinski definition) is 3. The van der Waals surface area contributed by atoms with E-state index in [1.54, 1.807) is 17.4 Å². The zero-order valence-corrected chi connectivity index (χ0v) is 18.1. The first-order chi connectivity index (χ1) is 13.9. The van der Waals surface area contributed by atoms with Gasteiger partial charge in [0.1, 0.15) is 0 Å². The number of piperidine rings is 1. The lowest BCUT2D eigenvalue weighted by Gasteiger charge is -2.41. The predicted molar refractivity (Wildman–Crippen MR) is 120 cm³/mol. The lowest BCUT2D eigenvalue weighted by molar-refractivity contribution is -0.142. The van der Waals surface area contributed by atoms with Gasteiger partial charge < -0.3 is 10.2 Å². The normalized spacial score (nSPS) is 15.9. The number of likely N-dealkylation sites (tertiary alicyclic amines) is 1. The molecule has 0 atom stereocenters. The molecular weight excluding hydrogens is 380 g/mol. The van der Waals surface area contributed by atoms with Crippen molar-refractivity contribution in [1.82, 2.24) is 10.2 Å². The highest BCUT2D eigenvalue weighted by Gasteiger charge is 2.42. The number of benzene rings is 1. The van der Waals surface area contributed by atoms with E-state index < -0.39 is 5.41 Å². The first-order valence-corrected chi connectivity index (χ1v) is 11.1. The van der Waals surface area contributed by atoms with E-state index >= 15 is 0 Å². The van der Waals surface area contributed by atoms with E-state index in [9.17, 15) is 9.59 Å². The lowest BCUT2D eigenvalue weighted by Crippen LogP contribution is -2.52. The number of amides is 2. The van der Waals surface area contributed by atoms with Gasteiger partial charge in [0.25, 0.3) is 0 Å². The summed E-state index contributed by atoms with van der Waals surface area (Å²) in [5.41, 5.74) is 1.85. The molecule has 1 aliphatic heterocycles. The van der Waals surface area contributed by atoms with Gasteiger partial charge in [0, 0.05) is 30.4 Å². The Balaban J connectivity index is 1.82. The molecule has 1 saturated heterocycles. The molecule has 1 aromatic carbocycles. The zero-order chi connectivity index (χ0) is 20.9. The van der Waals surface area contributed by atoms with Crippen molar-refractivity contribution < 1.29 is 9.59 Å². The monoisotopic (exact) mass is 410 g/mol. The average molecular weight is 411 g/mol. The van der Waals surface area contributed by atoms with Gasteiger partial charge in [-0.3, -0.25) is 9.59 Å². The summed E-state index contributed by atoms with van der Waals surface area (Å²) in [6.07, 6.45) is 3.74. The second kappa shape index (κ2) is 9.40. The van der Waals surface area contributed by atoms with Crippen molar-refractivity contribution >= 4 is 23.2 Å². The molecule has 3 rings (SSSR count). The molecule has 1 N–H and O–H groups in total. The third-order valence-electron chi connectivity index (χ3n) is 5.69. The molecule has 29 heavy (non-hydrogen) atoms. The summed E-state index contributed by atoms with van der Waals surface area (Å²) in [5.74, 6) is 0.222. The van der Waals surface area contributed by atoms with E-state index in [0.717, 1.165) is 5.56 Å². The highest BCUT2D eigenvalue weighted by atomic mass is 32.1. The average Bonchev–Trinajstić information content (AvgIpc) is 3.27. The topological polar surface area (TPSA) is 49.4 Å². The molecule has 1 aromatic heterocycles. The minimum atomic E-state index is -0.495. The Morgan fingerprint density at radius 1 is 1.24 bits per heavy atom. The van der Waals surface area contributed by atoms with Gasteiger partial charge in [-0.05, 0) is 41.8 Å². The molecule has 0 spiro atoms. The molecule has 1 fully saturated rings. The van der Waals surface area contributed by atoms with Crippen molar-refractivity contribution in [3.05, 3.63) is 60.0 Å². The molecular formula is C24H30N2O2S. The summed E-state index contributed by atoms with van der Waals surface area (Å²) in [4.78, 5) is 28.7. The summed E-state index contributed by atoms with van der Waals surface area (Å²) in [5, 5.41) is 5.09. The van der Waals surface area contributed by atoms with Crippen LogP contribution < -0.4 is 5.32 Å². The fraction of sp³-hybridized carbons (Fsp3) is 0.417. The SMILES string of the molecule is C=CCNC(=O)C1(Cc2cccc(-c3cccs3)c2)CCN(C(=O)C(C)C)CC1. The van der Waals surface area contributed by atoms with Crippen LogP contribution >= 0.6 is 11.3 Å². The molecule has 0 aliphatic carbocycles. The van der Waals surface area contributed by atoms with Gasteiger partial charge in [-0.2, -0.15) is 0 Å². The molecule has 2 aromatic rings. The first kappa shape index (κ1) is 21.3. The maximum Gasteiger partial charge on any atom is 0.226 e. The van der Waals surface area contributed by atoms with Gasteiger partial charge in [0.05, 0.1) is 5.41 Å². The number of rotatable bonds is 7. The number of carbonyl (C=O) groups excluding carboxylic acids is 2. The summed E-state index contributed by atoms with van der Waals surface area (Å²) in [6.45, 7) is 9.29. The number of carbonyl (C=O) groups is 2. The molecule has 2 amide bonds. The predicted octanol–water partition coefficient (Wildman–Crippen LogP) is 4.52. The van der Waals surface area contributed by atoms with Crippen LogP contribution in [0.3, 0.4) is 0 Å². The second-order valence-electron chi connectivity index (χ2n) is 8.11. The van der Waals surface area contributed by atoms with Gasteiger partial charge in [-0.15, -0.1) is 17.9 Å². The molecule has 0 radical (unpaired) electrons. The maximum absolute atomic E-state index is 13.1. The third-order valence-corrected chi connectivity index (χ3v) is 6.61. The van der Waals surface area contributed by atoms with Crippen molar-refractivity contribution in [2.45, 2.75) is 33.1 Å².